The largest absolute Gasteiger partial charge is 0.484 e. The number of halogens is 2. The Morgan fingerprint density at radius 1 is 1.27 bits per heavy atom. The maximum absolute atomic E-state index is 5.78. The molecule has 0 amide bonds. The first-order valence-electron chi connectivity index (χ1n) is 4.10. The van der Waals surface area contributed by atoms with Crippen LogP contribution in [-0.2, 0) is 6.61 Å². The second kappa shape index (κ2) is 4.51. The van der Waals surface area contributed by atoms with E-state index in [-0.39, 0.29) is 12.0 Å². The van der Waals surface area contributed by atoms with E-state index in [0.29, 0.717) is 16.7 Å². The first kappa shape index (κ1) is 10.3. The van der Waals surface area contributed by atoms with Gasteiger partial charge in [-0.1, -0.05) is 22.8 Å². The number of benzene rings is 1. The van der Waals surface area contributed by atoms with E-state index in [1.54, 1.807) is 24.3 Å². The van der Waals surface area contributed by atoms with E-state index in [9.17, 15) is 0 Å². The monoisotopic (exact) mass is 244 g/mol. The molecule has 15 heavy (non-hydrogen) atoms. The lowest BCUT2D eigenvalue weighted by molar-refractivity contribution is 0.263. The molecule has 0 spiro atoms. The molecule has 6 heteroatoms. The number of hydrogen-bond donors (Lipinski definition) is 0. The Balaban J connectivity index is 1.99. The van der Waals surface area contributed by atoms with Crippen LogP contribution in [0.5, 0.6) is 5.75 Å². The van der Waals surface area contributed by atoms with Gasteiger partial charge in [-0.25, -0.2) is 0 Å². The van der Waals surface area contributed by atoms with Gasteiger partial charge in [-0.2, -0.15) is 0 Å². The zero-order chi connectivity index (χ0) is 10.7. The van der Waals surface area contributed by atoms with E-state index >= 15 is 0 Å². The molecule has 0 bridgehead atoms. The van der Waals surface area contributed by atoms with Gasteiger partial charge < -0.3 is 9.15 Å². The highest BCUT2D eigenvalue weighted by Crippen LogP contribution is 2.18. The predicted molar refractivity (Wildman–Crippen MR) is 55.1 cm³/mol. The fourth-order valence-electron chi connectivity index (χ4n) is 0.993. The molecule has 0 saturated heterocycles. The average molecular weight is 245 g/mol. The van der Waals surface area contributed by atoms with E-state index in [2.05, 4.69) is 10.2 Å². The van der Waals surface area contributed by atoms with Gasteiger partial charge >= 0.3 is 5.35 Å². The molecule has 2 aromatic rings. The molecule has 0 saturated carbocycles. The molecule has 0 aliphatic rings. The summed E-state index contributed by atoms with van der Waals surface area (Å²) in [5.41, 5.74) is 0. The standard InChI is InChI=1S/C9H6Cl2N2O2/c10-6-2-1-3-7(4-6)14-5-8-12-13-9(11)15-8/h1-4H,5H2. The summed E-state index contributed by atoms with van der Waals surface area (Å²) in [6, 6.07) is 7.03. The van der Waals surface area contributed by atoms with Crippen LogP contribution in [0.25, 0.3) is 0 Å². The topological polar surface area (TPSA) is 48.2 Å². The zero-order valence-corrected chi connectivity index (χ0v) is 9.00. The van der Waals surface area contributed by atoms with Gasteiger partial charge in [0, 0.05) is 5.02 Å². The molecule has 4 nitrogen and oxygen atoms in total. The quantitative estimate of drug-likeness (QED) is 0.833. The normalized spacial score (nSPS) is 10.3. The molecule has 0 aliphatic carbocycles. The van der Waals surface area contributed by atoms with Crippen LogP contribution in [0.2, 0.25) is 10.4 Å². The highest BCUT2D eigenvalue weighted by atomic mass is 35.5. The molecule has 1 heterocycles. The minimum absolute atomic E-state index is 0.000283. The van der Waals surface area contributed by atoms with Crippen molar-refractivity contribution in [1.82, 2.24) is 10.2 Å². The molecule has 78 valence electrons. The van der Waals surface area contributed by atoms with Gasteiger partial charge in [-0.3, -0.25) is 0 Å². The Bertz CT molecular complexity index is 459. The minimum Gasteiger partial charge on any atom is -0.484 e. The molecule has 0 fully saturated rings. The summed E-state index contributed by atoms with van der Waals surface area (Å²) in [4.78, 5) is 0. The molecule has 1 aromatic carbocycles. The Kier molecular flexibility index (Phi) is 3.08. The highest BCUT2D eigenvalue weighted by Gasteiger charge is 2.04. The van der Waals surface area contributed by atoms with Crippen LogP contribution in [0.15, 0.2) is 28.7 Å². The molecule has 0 unspecified atom stereocenters. The molecule has 0 N–H and O–H groups in total. The Labute approximate surface area is 95.8 Å². The first-order chi connectivity index (χ1) is 7.24. The number of aromatic nitrogens is 2. The highest BCUT2D eigenvalue weighted by molar-refractivity contribution is 6.30. The van der Waals surface area contributed by atoms with Crippen molar-refractivity contribution in [2.75, 3.05) is 0 Å². The van der Waals surface area contributed by atoms with Gasteiger partial charge in [0.05, 0.1) is 0 Å². The van der Waals surface area contributed by atoms with Crippen LogP contribution in [0, 0.1) is 0 Å². The van der Waals surface area contributed by atoms with Crippen LogP contribution < -0.4 is 4.74 Å². The lowest BCUT2D eigenvalue weighted by Gasteiger charge is -2.02. The number of hydrogen-bond acceptors (Lipinski definition) is 4. The third-order valence-electron chi connectivity index (χ3n) is 1.60. The molecular formula is C9H6Cl2N2O2. The van der Waals surface area contributed by atoms with Crippen molar-refractivity contribution < 1.29 is 9.15 Å². The fraction of sp³-hybridized carbons (Fsp3) is 0.111. The first-order valence-corrected chi connectivity index (χ1v) is 4.86. The summed E-state index contributed by atoms with van der Waals surface area (Å²) in [5.74, 6) is 0.955. The van der Waals surface area contributed by atoms with Crippen LogP contribution in [0.3, 0.4) is 0 Å². The Morgan fingerprint density at radius 3 is 2.80 bits per heavy atom. The van der Waals surface area contributed by atoms with Crippen LogP contribution in [0.4, 0.5) is 0 Å². The second-order valence-electron chi connectivity index (χ2n) is 2.69. The van der Waals surface area contributed by atoms with Gasteiger partial charge in [0.1, 0.15) is 5.75 Å². The summed E-state index contributed by atoms with van der Waals surface area (Å²) < 4.78 is 10.3. The van der Waals surface area contributed by atoms with Crippen molar-refractivity contribution in [3.8, 4) is 5.75 Å². The summed E-state index contributed by atoms with van der Waals surface area (Å²) in [5, 5.41) is 7.74. The van der Waals surface area contributed by atoms with E-state index in [4.69, 9.17) is 32.4 Å². The van der Waals surface area contributed by atoms with Gasteiger partial charge in [0.2, 0.25) is 0 Å². The maximum atomic E-state index is 5.78. The van der Waals surface area contributed by atoms with Crippen molar-refractivity contribution in [2.45, 2.75) is 6.61 Å². The summed E-state index contributed by atoms with van der Waals surface area (Å²) >= 11 is 11.2. The summed E-state index contributed by atoms with van der Waals surface area (Å²) in [6.45, 7) is 0.167. The Hall–Kier alpha value is -1.26. The SMILES string of the molecule is Clc1cccc(OCc2nnc(Cl)o2)c1. The van der Waals surface area contributed by atoms with Gasteiger partial charge in [0.15, 0.2) is 6.61 Å². The molecule has 1 aromatic heterocycles. The van der Waals surface area contributed by atoms with Crippen LogP contribution >= 0.6 is 23.2 Å². The lowest BCUT2D eigenvalue weighted by atomic mass is 10.3. The molecule has 0 aliphatic heterocycles. The second-order valence-corrected chi connectivity index (χ2v) is 3.45. The van der Waals surface area contributed by atoms with E-state index in [1.807, 2.05) is 0 Å². The Morgan fingerprint density at radius 2 is 2.13 bits per heavy atom. The summed E-state index contributed by atoms with van der Waals surface area (Å²) in [6.07, 6.45) is 0. The summed E-state index contributed by atoms with van der Waals surface area (Å²) in [7, 11) is 0. The van der Waals surface area contributed by atoms with E-state index in [1.165, 1.54) is 0 Å². The minimum atomic E-state index is -0.000283. The molecular weight excluding hydrogens is 239 g/mol. The maximum Gasteiger partial charge on any atom is 0.312 e. The molecule has 0 radical (unpaired) electrons. The van der Waals surface area contributed by atoms with Crippen LogP contribution in [0.1, 0.15) is 5.89 Å². The average Bonchev–Trinajstić information content (AvgIpc) is 2.62. The predicted octanol–water partition coefficient (Wildman–Crippen LogP) is 2.96. The number of nitrogens with zero attached hydrogens (tertiary/aromatic N) is 2. The number of rotatable bonds is 3. The fourth-order valence-corrected chi connectivity index (χ4v) is 1.30. The van der Waals surface area contributed by atoms with Crippen molar-refractivity contribution in [2.24, 2.45) is 0 Å². The smallest absolute Gasteiger partial charge is 0.312 e. The van der Waals surface area contributed by atoms with Crippen molar-refractivity contribution in [3.05, 3.63) is 40.5 Å². The molecule has 0 atom stereocenters. The van der Waals surface area contributed by atoms with Crippen molar-refractivity contribution in [3.63, 3.8) is 0 Å². The third kappa shape index (κ3) is 2.84. The van der Waals surface area contributed by atoms with Crippen molar-refractivity contribution in [1.29, 1.82) is 0 Å². The molecule has 2 rings (SSSR count). The van der Waals surface area contributed by atoms with Gasteiger partial charge in [-0.05, 0) is 29.8 Å². The van der Waals surface area contributed by atoms with Crippen LogP contribution in [-0.4, -0.2) is 10.2 Å². The van der Waals surface area contributed by atoms with E-state index < -0.39 is 0 Å². The lowest BCUT2D eigenvalue weighted by Crippen LogP contribution is -1.95. The number of ether oxygens (including phenoxy) is 1. The van der Waals surface area contributed by atoms with Crippen molar-refractivity contribution >= 4 is 23.2 Å². The van der Waals surface area contributed by atoms with Gasteiger partial charge in [0.25, 0.3) is 5.89 Å². The van der Waals surface area contributed by atoms with Gasteiger partial charge in [-0.15, -0.1) is 5.10 Å². The third-order valence-corrected chi connectivity index (χ3v) is 1.99. The zero-order valence-electron chi connectivity index (χ0n) is 7.48. The van der Waals surface area contributed by atoms with E-state index in [0.717, 1.165) is 0 Å².